The van der Waals surface area contributed by atoms with Gasteiger partial charge < -0.3 is 14.5 Å². The van der Waals surface area contributed by atoms with Crippen LogP contribution in [0.15, 0.2) is 66.1 Å². The molecule has 9 nitrogen and oxygen atoms in total. The van der Waals surface area contributed by atoms with Crippen LogP contribution in [-0.2, 0) is 10.0 Å². The van der Waals surface area contributed by atoms with Crippen molar-refractivity contribution < 1.29 is 17.9 Å². The number of ether oxygens (including phenoxy) is 1. The lowest BCUT2D eigenvalue weighted by molar-refractivity contribution is 0.0746. The Labute approximate surface area is 174 Å². The number of piperazine rings is 1. The average molecular weight is 427 g/mol. The molecule has 0 spiro atoms. The fourth-order valence-corrected chi connectivity index (χ4v) is 4.53. The maximum absolute atomic E-state index is 13.0. The normalized spacial score (nSPS) is 14.6. The van der Waals surface area contributed by atoms with Gasteiger partial charge in [-0.3, -0.25) is 4.79 Å². The third-order valence-corrected chi connectivity index (χ3v) is 6.55. The highest BCUT2D eigenvalue weighted by Crippen LogP contribution is 2.28. The molecule has 0 bridgehead atoms. The first-order valence-corrected chi connectivity index (χ1v) is 10.8. The van der Waals surface area contributed by atoms with Crippen molar-refractivity contribution in [2.45, 2.75) is 4.90 Å². The largest absolute Gasteiger partial charge is 0.495 e. The van der Waals surface area contributed by atoms with E-state index in [1.165, 1.54) is 12.1 Å². The highest BCUT2D eigenvalue weighted by atomic mass is 32.2. The van der Waals surface area contributed by atoms with Gasteiger partial charge in [0.05, 0.1) is 17.7 Å². The number of anilines is 1. The number of carbonyl (C=O) groups is 1. The quantitative estimate of drug-likeness (QED) is 0.608. The van der Waals surface area contributed by atoms with E-state index in [2.05, 4.69) is 15.0 Å². The summed E-state index contributed by atoms with van der Waals surface area (Å²) in [6.07, 6.45) is 2.26. The SMILES string of the molecule is COc1ccccc1N1CCN(C(=O)c2cccc(S(=O)(=O)n3cncn3)c2)CC1. The van der Waals surface area contributed by atoms with Gasteiger partial charge in [-0.1, -0.05) is 18.2 Å². The summed E-state index contributed by atoms with van der Waals surface area (Å²) >= 11 is 0. The molecule has 0 radical (unpaired) electrons. The van der Waals surface area contributed by atoms with Crippen molar-refractivity contribution in [1.82, 2.24) is 19.1 Å². The minimum atomic E-state index is -3.88. The van der Waals surface area contributed by atoms with Crippen molar-refractivity contribution >= 4 is 21.6 Å². The van der Waals surface area contributed by atoms with Crippen LogP contribution in [0.2, 0.25) is 0 Å². The van der Waals surface area contributed by atoms with Crippen LogP contribution in [0.4, 0.5) is 5.69 Å². The lowest BCUT2D eigenvalue weighted by atomic mass is 10.1. The van der Waals surface area contributed by atoms with Gasteiger partial charge in [0, 0.05) is 31.7 Å². The Morgan fingerprint density at radius 2 is 1.80 bits per heavy atom. The Hall–Kier alpha value is -3.40. The fourth-order valence-electron chi connectivity index (χ4n) is 3.44. The summed E-state index contributed by atoms with van der Waals surface area (Å²) < 4.78 is 31.5. The first-order chi connectivity index (χ1) is 14.5. The predicted octanol–water partition coefficient (Wildman–Crippen LogP) is 1.49. The van der Waals surface area contributed by atoms with Gasteiger partial charge in [-0.2, -0.15) is 8.42 Å². The molecule has 4 rings (SSSR count). The summed E-state index contributed by atoms with van der Waals surface area (Å²) in [4.78, 5) is 20.6. The summed E-state index contributed by atoms with van der Waals surface area (Å²) in [5.41, 5.74) is 1.31. The molecule has 0 aliphatic carbocycles. The molecule has 1 aliphatic rings. The molecule has 1 amide bonds. The zero-order valence-electron chi connectivity index (χ0n) is 16.4. The van der Waals surface area contributed by atoms with Crippen LogP contribution >= 0.6 is 0 Å². The zero-order valence-corrected chi connectivity index (χ0v) is 17.2. The molecule has 30 heavy (non-hydrogen) atoms. The van der Waals surface area contributed by atoms with Crippen LogP contribution in [0.1, 0.15) is 10.4 Å². The van der Waals surface area contributed by atoms with E-state index in [1.54, 1.807) is 24.1 Å². The Kier molecular flexibility index (Phi) is 5.40. The molecule has 0 N–H and O–H groups in total. The van der Waals surface area contributed by atoms with Crippen LogP contribution in [0, 0.1) is 0 Å². The van der Waals surface area contributed by atoms with Crippen molar-refractivity contribution in [3.63, 3.8) is 0 Å². The number of hydrogen-bond acceptors (Lipinski definition) is 7. The van der Waals surface area contributed by atoms with Gasteiger partial charge in [-0.05, 0) is 30.3 Å². The van der Waals surface area contributed by atoms with E-state index < -0.39 is 10.0 Å². The molecule has 1 aliphatic heterocycles. The highest BCUT2D eigenvalue weighted by Gasteiger charge is 2.25. The van der Waals surface area contributed by atoms with Crippen LogP contribution in [0.25, 0.3) is 0 Å². The third kappa shape index (κ3) is 3.73. The maximum atomic E-state index is 13.0. The monoisotopic (exact) mass is 427 g/mol. The Balaban J connectivity index is 1.49. The van der Waals surface area contributed by atoms with E-state index in [1.807, 2.05) is 24.3 Å². The van der Waals surface area contributed by atoms with E-state index in [0.29, 0.717) is 31.7 Å². The van der Waals surface area contributed by atoms with Gasteiger partial charge in [0.15, 0.2) is 0 Å². The minimum absolute atomic E-state index is 0.00786. The standard InChI is InChI=1S/C20H21N5O4S/c1-29-19-8-3-2-7-18(19)23-9-11-24(12-10-23)20(26)16-5-4-6-17(13-16)30(27,28)25-15-21-14-22-25/h2-8,13-15H,9-12H2,1H3. The molecule has 0 unspecified atom stereocenters. The van der Waals surface area contributed by atoms with Crippen LogP contribution in [-0.4, -0.2) is 66.7 Å². The molecule has 10 heteroatoms. The van der Waals surface area contributed by atoms with Crippen molar-refractivity contribution in [1.29, 1.82) is 0 Å². The highest BCUT2D eigenvalue weighted by molar-refractivity contribution is 7.89. The number of rotatable bonds is 5. The molecule has 156 valence electrons. The number of nitrogens with zero attached hydrogens (tertiary/aromatic N) is 5. The van der Waals surface area contributed by atoms with Crippen LogP contribution in [0.5, 0.6) is 5.75 Å². The number of amides is 1. The summed E-state index contributed by atoms with van der Waals surface area (Å²) in [6, 6.07) is 13.8. The number of benzene rings is 2. The molecule has 0 atom stereocenters. The smallest absolute Gasteiger partial charge is 0.284 e. The van der Waals surface area contributed by atoms with Gasteiger partial charge >= 0.3 is 0 Å². The van der Waals surface area contributed by atoms with E-state index in [9.17, 15) is 13.2 Å². The number of para-hydroxylation sites is 2. The summed E-state index contributed by atoms with van der Waals surface area (Å²) in [5, 5.41) is 3.69. The average Bonchev–Trinajstić information content (AvgIpc) is 3.35. The minimum Gasteiger partial charge on any atom is -0.495 e. The molecule has 2 heterocycles. The zero-order chi connectivity index (χ0) is 21.1. The Morgan fingerprint density at radius 1 is 1.03 bits per heavy atom. The first-order valence-electron chi connectivity index (χ1n) is 9.38. The second kappa shape index (κ2) is 8.15. The lowest BCUT2D eigenvalue weighted by Crippen LogP contribution is -2.48. The van der Waals surface area contributed by atoms with Gasteiger partial charge in [-0.15, -0.1) is 9.19 Å². The molecular weight excluding hydrogens is 406 g/mol. The number of aromatic nitrogens is 3. The second-order valence-corrected chi connectivity index (χ2v) is 8.55. The molecule has 1 fully saturated rings. The second-order valence-electron chi connectivity index (χ2n) is 6.75. The van der Waals surface area contributed by atoms with E-state index in [4.69, 9.17) is 4.74 Å². The van der Waals surface area contributed by atoms with Crippen molar-refractivity contribution in [2.24, 2.45) is 0 Å². The van der Waals surface area contributed by atoms with E-state index in [-0.39, 0.29) is 10.8 Å². The lowest BCUT2D eigenvalue weighted by Gasteiger charge is -2.36. The summed E-state index contributed by atoms with van der Waals surface area (Å²) in [6.45, 7) is 2.36. The van der Waals surface area contributed by atoms with E-state index in [0.717, 1.165) is 28.2 Å². The van der Waals surface area contributed by atoms with Gasteiger partial charge in [0.2, 0.25) is 0 Å². The predicted molar refractivity (Wildman–Crippen MR) is 110 cm³/mol. The number of hydrogen-bond donors (Lipinski definition) is 0. The first kappa shape index (κ1) is 19.9. The maximum Gasteiger partial charge on any atom is 0.284 e. The van der Waals surface area contributed by atoms with E-state index >= 15 is 0 Å². The topological polar surface area (TPSA) is 97.6 Å². The Morgan fingerprint density at radius 3 is 2.50 bits per heavy atom. The summed E-state index contributed by atoms with van der Waals surface area (Å²) in [5.74, 6) is 0.591. The van der Waals surface area contributed by atoms with Crippen molar-refractivity contribution in [3.05, 3.63) is 66.7 Å². The van der Waals surface area contributed by atoms with Crippen molar-refractivity contribution in [2.75, 3.05) is 38.2 Å². The molecule has 3 aromatic rings. The van der Waals surface area contributed by atoms with Crippen LogP contribution in [0.3, 0.4) is 0 Å². The molecule has 2 aromatic carbocycles. The number of carbonyl (C=O) groups excluding carboxylic acids is 1. The molecule has 1 aromatic heterocycles. The van der Waals surface area contributed by atoms with Gasteiger partial charge in [-0.25, -0.2) is 4.98 Å². The fraction of sp³-hybridized carbons (Fsp3) is 0.250. The van der Waals surface area contributed by atoms with Crippen LogP contribution < -0.4 is 9.64 Å². The third-order valence-electron chi connectivity index (χ3n) is 5.02. The molecular formula is C20H21N5O4S. The van der Waals surface area contributed by atoms with Crippen molar-refractivity contribution in [3.8, 4) is 5.75 Å². The summed E-state index contributed by atoms with van der Waals surface area (Å²) in [7, 11) is -2.25. The molecule has 1 saturated heterocycles. The number of methoxy groups -OCH3 is 1. The van der Waals surface area contributed by atoms with Gasteiger partial charge in [0.25, 0.3) is 15.9 Å². The Bertz CT molecular complexity index is 1140. The van der Waals surface area contributed by atoms with Gasteiger partial charge in [0.1, 0.15) is 18.4 Å². The molecule has 0 saturated carbocycles.